The van der Waals surface area contributed by atoms with Crippen molar-refractivity contribution in [2.45, 2.75) is 12.3 Å². The number of ether oxygens (including phenoxy) is 1. The lowest BCUT2D eigenvalue weighted by Gasteiger charge is -1.99. The van der Waals surface area contributed by atoms with Crippen LogP contribution in [0.1, 0.15) is 18.2 Å². The maximum atomic E-state index is 11.1. The van der Waals surface area contributed by atoms with Crippen molar-refractivity contribution in [3.05, 3.63) is 35.7 Å². The molecule has 0 unspecified atom stereocenters. The van der Waals surface area contributed by atoms with Gasteiger partial charge in [-0.2, -0.15) is 0 Å². The Morgan fingerprint density at radius 2 is 2.47 bits per heavy atom. The van der Waals surface area contributed by atoms with Gasteiger partial charge in [0.1, 0.15) is 0 Å². The van der Waals surface area contributed by atoms with Gasteiger partial charge in [0, 0.05) is 17.6 Å². The molecule has 3 nitrogen and oxygen atoms in total. The molecule has 0 saturated carbocycles. The standard InChI is InChI=1S/C11H12BrNO2/c1-2-15-11(14)6-5-10-9(8-12)4-3-7-13-10/h3-7H,2,8H2,1H3/b6-5+. The molecule has 0 aliphatic carbocycles. The molecular formula is C11H12BrNO2. The fourth-order valence-corrected chi connectivity index (χ4v) is 1.53. The van der Waals surface area contributed by atoms with E-state index in [2.05, 4.69) is 20.9 Å². The first-order valence-electron chi connectivity index (χ1n) is 4.62. The van der Waals surface area contributed by atoms with Crippen LogP contribution in [-0.2, 0) is 14.9 Å². The highest BCUT2D eigenvalue weighted by atomic mass is 79.9. The van der Waals surface area contributed by atoms with Gasteiger partial charge in [0.15, 0.2) is 0 Å². The number of alkyl halides is 1. The fourth-order valence-electron chi connectivity index (χ4n) is 1.05. The second kappa shape index (κ2) is 6.35. The van der Waals surface area contributed by atoms with Crippen LogP contribution in [0.2, 0.25) is 0 Å². The third-order valence-electron chi connectivity index (χ3n) is 1.73. The second-order valence-electron chi connectivity index (χ2n) is 2.77. The van der Waals surface area contributed by atoms with E-state index in [-0.39, 0.29) is 5.97 Å². The summed E-state index contributed by atoms with van der Waals surface area (Å²) < 4.78 is 4.77. The van der Waals surface area contributed by atoms with Crippen LogP contribution in [0, 0.1) is 0 Å². The molecule has 0 aromatic carbocycles. The SMILES string of the molecule is CCOC(=O)/C=C/c1ncccc1CBr. The Hall–Kier alpha value is -1.16. The maximum Gasteiger partial charge on any atom is 0.330 e. The molecule has 0 aliphatic rings. The van der Waals surface area contributed by atoms with Crippen LogP contribution in [0.4, 0.5) is 0 Å². The predicted molar refractivity (Wildman–Crippen MR) is 62.5 cm³/mol. The Kier molecular flexibility index (Phi) is 5.04. The molecule has 4 heteroatoms. The largest absolute Gasteiger partial charge is 0.463 e. The molecule has 0 spiro atoms. The number of nitrogens with zero attached hydrogens (tertiary/aromatic N) is 1. The van der Waals surface area contributed by atoms with Crippen molar-refractivity contribution in [2.75, 3.05) is 6.61 Å². The highest BCUT2D eigenvalue weighted by Crippen LogP contribution is 2.11. The lowest BCUT2D eigenvalue weighted by atomic mass is 10.2. The zero-order valence-electron chi connectivity index (χ0n) is 8.44. The first-order chi connectivity index (χ1) is 7.27. The van der Waals surface area contributed by atoms with Gasteiger partial charge < -0.3 is 4.74 Å². The molecule has 0 fully saturated rings. The molecule has 0 N–H and O–H groups in total. The Morgan fingerprint density at radius 1 is 1.67 bits per heavy atom. The molecule has 1 aromatic rings. The van der Waals surface area contributed by atoms with E-state index in [9.17, 15) is 4.79 Å². The zero-order chi connectivity index (χ0) is 11.1. The Balaban J connectivity index is 2.75. The average molecular weight is 270 g/mol. The van der Waals surface area contributed by atoms with Crippen molar-refractivity contribution in [3.8, 4) is 0 Å². The number of hydrogen-bond acceptors (Lipinski definition) is 3. The highest BCUT2D eigenvalue weighted by Gasteiger charge is 1.99. The summed E-state index contributed by atoms with van der Waals surface area (Å²) in [4.78, 5) is 15.2. The Morgan fingerprint density at radius 3 is 3.13 bits per heavy atom. The minimum Gasteiger partial charge on any atom is -0.463 e. The molecule has 0 amide bonds. The summed E-state index contributed by atoms with van der Waals surface area (Å²) in [7, 11) is 0. The van der Waals surface area contributed by atoms with Gasteiger partial charge in [0.05, 0.1) is 12.3 Å². The molecule has 0 atom stereocenters. The summed E-state index contributed by atoms with van der Waals surface area (Å²) in [6, 6.07) is 3.81. The first-order valence-corrected chi connectivity index (χ1v) is 5.74. The number of esters is 1. The normalized spacial score (nSPS) is 10.5. The number of aromatic nitrogens is 1. The molecular weight excluding hydrogens is 258 g/mol. The van der Waals surface area contributed by atoms with E-state index in [0.717, 1.165) is 11.3 Å². The molecule has 1 rings (SSSR count). The molecule has 1 aromatic heterocycles. The highest BCUT2D eigenvalue weighted by molar-refractivity contribution is 9.08. The summed E-state index contributed by atoms with van der Waals surface area (Å²) >= 11 is 3.36. The number of rotatable bonds is 4. The first kappa shape index (κ1) is 11.9. The molecule has 80 valence electrons. The average Bonchev–Trinajstić information content (AvgIpc) is 2.27. The lowest BCUT2D eigenvalue weighted by Crippen LogP contribution is -1.99. The van der Waals surface area contributed by atoms with Gasteiger partial charge in [0.25, 0.3) is 0 Å². The second-order valence-corrected chi connectivity index (χ2v) is 3.33. The van der Waals surface area contributed by atoms with Crippen LogP contribution in [-0.4, -0.2) is 17.6 Å². The van der Waals surface area contributed by atoms with Crippen molar-refractivity contribution in [1.29, 1.82) is 0 Å². The zero-order valence-corrected chi connectivity index (χ0v) is 10.0. The number of pyridine rings is 1. The fraction of sp³-hybridized carbons (Fsp3) is 0.273. The van der Waals surface area contributed by atoms with Gasteiger partial charge in [0.2, 0.25) is 0 Å². The lowest BCUT2D eigenvalue weighted by molar-refractivity contribution is -0.137. The Bertz CT molecular complexity index is 363. The van der Waals surface area contributed by atoms with Crippen LogP contribution >= 0.6 is 15.9 Å². The number of halogens is 1. The van der Waals surface area contributed by atoms with E-state index in [0.29, 0.717) is 11.9 Å². The van der Waals surface area contributed by atoms with E-state index in [4.69, 9.17) is 4.74 Å². The van der Waals surface area contributed by atoms with E-state index in [1.807, 2.05) is 12.1 Å². The molecule has 0 bridgehead atoms. The van der Waals surface area contributed by atoms with Crippen molar-refractivity contribution >= 4 is 28.0 Å². The molecule has 1 heterocycles. The van der Waals surface area contributed by atoms with Crippen LogP contribution < -0.4 is 0 Å². The maximum absolute atomic E-state index is 11.1. The monoisotopic (exact) mass is 269 g/mol. The molecule has 0 aliphatic heterocycles. The molecule has 0 radical (unpaired) electrons. The van der Waals surface area contributed by atoms with Gasteiger partial charge in [-0.1, -0.05) is 22.0 Å². The number of hydrogen-bond donors (Lipinski definition) is 0. The number of carbonyl (C=O) groups excluding carboxylic acids is 1. The summed E-state index contributed by atoms with van der Waals surface area (Å²) in [5, 5.41) is 0.712. The van der Waals surface area contributed by atoms with Crippen molar-refractivity contribution in [2.24, 2.45) is 0 Å². The van der Waals surface area contributed by atoms with Gasteiger partial charge in [-0.05, 0) is 24.6 Å². The summed E-state index contributed by atoms with van der Waals surface area (Å²) in [5.41, 5.74) is 1.82. The Labute approximate surface area is 97.3 Å². The minimum absolute atomic E-state index is 0.344. The van der Waals surface area contributed by atoms with Crippen LogP contribution in [0.3, 0.4) is 0 Å². The van der Waals surface area contributed by atoms with Crippen molar-refractivity contribution in [3.63, 3.8) is 0 Å². The van der Waals surface area contributed by atoms with Gasteiger partial charge >= 0.3 is 5.97 Å². The van der Waals surface area contributed by atoms with Gasteiger partial charge in [-0.25, -0.2) is 4.79 Å². The summed E-state index contributed by atoms with van der Waals surface area (Å²) in [5.74, 6) is -0.344. The predicted octanol–water partition coefficient (Wildman–Crippen LogP) is 2.55. The topological polar surface area (TPSA) is 39.2 Å². The smallest absolute Gasteiger partial charge is 0.330 e. The number of carbonyl (C=O) groups is 1. The molecule has 0 saturated heterocycles. The third kappa shape index (κ3) is 3.83. The van der Waals surface area contributed by atoms with E-state index in [1.165, 1.54) is 6.08 Å². The third-order valence-corrected chi connectivity index (χ3v) is 2.34. The van der Waals surface area contributed by atoms with Crippen molar-refractivity contribution in [1.82, 2.24) is 4.98 Å². The summed E-state index contributed by atoms with van der Waals surface area (Å²) in [6.07, 6.45) is 4.74. The van der Waals surface area contributed by atoms with Gasteiger partial charge in [-0.15, -0.1) is 0 Å². The van der Waals surface area contributed by atoms with E-state index < -0.39 is 0 Å². The minimum atomic E-state index is -0.344. The van der Waals surface area contributed by atoms with Gasteiger partial charge in [-0.3, -0.25) is 4.98 Å². The van der Waals surface area contributed by atoms with Crippen LogP contribution in [0.5, 0.6) is 0 Å². The summed E-state index contributed by atoms with van der Waals surface area (Å²) in [6.45, 7) is 2.16. The molecule has 15 heavy (non-hydrogen) atoms. The van der Waals surface area contributed by atoms with Crippen LogP contribution in [0.25, 0.3) is 6.08 Å². The quantitative estimate of drug-likeness (QED) is 0.479. The van der Waals surface area contributed by atoms with E-state index >= 15 is 0 Å². The van der Waals surface area contributed by atoms with E-state index in [1.54, 1.807) is 19.2 Å². The van der Waals surface area contributed by atoms with Crippen LogP contribution in [0.15, 0.2) is 24.4 Å². The van der Waals surface area contributed by atoms with Crippen molar-refractivity contribution < 1.29 is 9.53 Å².